The van der Waals surface area contributed by atoms with Gasteiger partial charge in [0.05, 0.1) is 6.54 Å². The smallest absolute Gasteiger partial charge is 0.251 e. The van der Waals surface area contributed by atoms with Crippen LogP contribution in [0, 0.1) is 11.8 Å². The van der Waals surface area contributed by atoms with Crippen LogP contribution in [0.15, 0.2) is 29.3 Å². The van der Waals surface area contributed by atoms with Gasteiger partial charge < -0.3 is 20.4 Å². The van der Waals surface area contributed by atoms with Gasteiger partial charge >= 0.3 is 0 Å². The number of nitrogens with one attached hydrogen (secondary N) is 2. The van der Waals surface area contributed by atoms with Crippen molar-refractivity contribution in [3.05, 3.63) is 35.4 Å². The fraction of sp³-hybridized carbons (Fsp3) is 0.652. The third-order valence-corrected chi connectivity index (χ3v) is 5.17. The zero-order valence-corrected chi connectivity index (χ0v) is 18.9. The zero-order valence-electron chi connectivity index (χ0n) is 18.9. The number of guanidine groups is 1. The van der Waals surface area contributed by atoms with Crippen LogP contribution in [0.2, 0.25) is 0 Å². The number of nitrogens with zero attached hydrogens (tertiary/aromatic N) is 3. The van der Waals surface area contributed by atoms with Crippen LogP contribution in [-0.4, -0.2) is 68.5 Å². The highest BCUT2D eigenvalue weighted by Crippen LogP contribution is 2.23. The van der Waals surface area contributed by atoms with E-state index in [9.17, 15) is 4.79 Å². The number of hydrogen-bond donors (Lipinski definition) is 2. The molecule has 1 aliphatic rings. The highest BCUT2D eigenvalue weighted by molar-refractivity contribution is 5.94. The summed E-state index contributed by atoms with van der Waals surface area (Å²) in [5.74, 6) is 2.46. The lowest BCUT2D eigenvalue weighted by atomic mass is 9.97. The largest absolute Gasteiger partial charge is 0.357 e. The predicted molar refractivity (Wildman–Crippen MR) is 121 cm³/mol. The molecule has 1 amide bonds. The molecule has 2 rings (SSSR count). The van der Waals surface area contributed by atoms with Crippen LogP contribution >= 0.6 is 0 Å². The number of carbonyl (C=O) groups excluding carboxylic acids is 1. The average molecular weight is 402 g/mol. The van der Waals surface area contributed by atoms with Gasteiger partial charge in [-0.1, -0.05) is 26.0 Å². The zero-order chi connectivity index (χ0) is 21.2. The number of benzene rings is 1. The number of likely N-dealkylation sites (tertiary alicyclic amines) is 1. The first-order valence-corrected chi connectivity index (χ1v) is 10.9. The molecule has 0 bridgehead atoms. The van der Waals surface area contributed by atoms with E-state index in [-0.39, 0.29) is 5.91 Å². The Morgan fingerprint density at radius 2 is 2.10 bits per heavy atom. The van der Waals surface area contributed by atoms with Crippen LogP contribution in [0.5, 0.6) is 0 Å². The van der Waals surface area contributed by atoms with Crippen molar-refractivity contribution in [1.29, 1.82) is 0 Å². The Bertz CT molecular complexity index is 671. The maximum absolute atomic E-state index is 12.4. The van der Waals surface area contributed by atoms with Crippen molar-refractivity contribution in [2.75, 3.05) is 46.8 Å². The van der Waals surface area contributed by atoms with Crippen LogP contribution < -0.4 is 10.6 Å². The van der Waals surface area contributed by atoms with E-state index in [1.165, 1.54) is 12.8 Å². The summed E-state index contributed by atoms with van der Waals surface area (Å²) < 4.78 is 0. The molecule has 29 heavy (non-hydrogen) atoms. The lowest BCUT2D eigenvalue weighted by molar-refractivity contribution is 0.0951. The van der Waals surface area contributed by atoms with Crippen molar-refractivity contribution in [2.45, 2.75) is 40.2 Å². The number of aliphatic imine (C=N–C) groups is 1. The number of hydrogen-bond acceptors (Lipinski definition) is 3. The molecule has 0 aliphatic carbocycles. The molecule has 2 N–H and O–H groups in total. The van der Waals surface area contributed by atoms with Crippen LogP contribution in [0.3, 0.4) is 0 Å². The van der Waals surface area contributed by atoms with E-state index in [0.717, 1.165) is 49.5 Å². The Hall–Kier alpha value is -2.08. The normalized spacial score (nSPS) is 17.3. The second-order valence-corrected chi connectivity index (χ2v) is 8.66. The summed E-state index contributed by atoms with van der Waals surface area (Å²) in [6.07, 6.45) is 2.52. The molecule has 1 atom stereocenters. The molecule has 1 saturated heterocycles. The van der Waals surface area contributed by atoms with Gasteiger partial charge in [-0.3, -0.25) is 4.79 Å². The first kappa shape index (κ1) is 23.2. The number of carbonyl (C=O) groups is 1. The van der Waals surface area contributed by atoms with Gasteiger partial charge in [0.1, 0.15) is 0 Å². The summed E-state index contributed by atoms with van der Waals surface area (Å²) in [6.45, 7) is 11.8. The SMILES string of the molecule is CCNC(=NCc1cccc(C(=O)NCCN(C)C)c1)N1CCC(CC(C)C)C1. The Labute approximate surface area is 176 Å². The first-order valence-electron chi connectivity index (χ1n) is 10.9. The quantitative estimate of drug-likeness (QED) is 0.493. The monoisotopic (exact) mass is 401 g/mol. The molecular formula is C23H39N5O. The number of rotatable bonds is 9. The number of likely N-dealkylation sites (N-methyl/N-ethyl adjacent to an activating group) is 1. The lowest BCUT2D eigenvalue weighted by Gasteiger charge is -2.22. The molecule has 1 aromatic rings. The van der Waals surface area contributed by atoms with Gasteiger partial charge in [0.2, 0.25) is 0 Å². The van der Waals surface area contributed by atoms with Crippen molar-refractivity contribution in [2.24, 2.45) is 16.8 Å². The van der Waals surface area contributed by atoms with Gasteiger partial charge in [0, 0.05) is 38.3 Å². The molecule has 6 heteroatoms. The fourth-order valence-corrected chi connectivity index (χ4v) is 3.78. The van der Waals surface area contributed by atoms with Gasteiger partial charge in [-0.05, 0) is 63.4 Å². The molecule has 0 radical (unpaired) electrons. The highest BCUT2D eigenvalue weighted by Gasteiger charge is 2.25. The number of amides is 1. The highest BCUT2D eigenvalue weighted by atomic mass is 16.1. The Balaban J connectivity index is 1.97. The van der Waals surface area contributed by atoms with Crippen molar-refractivity contribution >= 4 is 11.9 Å². The topological polar surface area (TPSA) is 60.0 Å². The standard InChI is InChI=1S/C23H39N5O/c1-6-24-23(28-12-10-20(17-28)14-18(2)3)26-16-19-8-7-9-21(15-19)22(29)25-11-13-27(4)5/h7-9,15,18,20H,6,10-14,16-17H2,1-5H3,(H,24,26)(H,25,29). The second-order valence-electron chi connectivity index (χ2n) is 8.66. The van der Waals surface area contributed by atoms with E-state index >= 15 is 0 Å². The molecule has 0 aromatic heterocycles. The summed E-state index contributed by atoms with van der Waals surface area (Å²) in [7, 11) is 4.00. The minimum Gasteiger partial charge on any atom is -0.357 e. The van der Waals surface area contributed by atoms with Crippen LogP contribution in [-0.2, 0) is 6.54 Å². The Morgan fingerprint density at radius 3 is 2.79 bits per heavy atom. The summed E-state index contributed by atoms with van der Waals surface area (Å²) in [6, 6.07) is 7.78. The lowest BCUT2D eigenvalue weighted by Crippen LogP contribution is -2.40. The second kappa shape index (κ2) is 11.8. The third-order valence-electron chi connectivity index (χ3n) is 5.17. The fourth-order valence-electron chi connectivity index (χ4n) is 3.78. The molecule has 1 heterocycles. The Morgan fingerprint density at radius 1 is 1.31 bits per heavy atom. The van der Waals surface area contributed by atoms with Gasteiger partial charge in [-0.25, -0.2) is 4.99 Å². The van der Waals surface area contributed by atoms with Gasteiger partial charge in [-0.15, -0.1) is 0 Å². The first-order chi connectivity index (χ1) is 13.9. The van der Waals surface area contributed by atoms with Crippen molar-refractivity contribution in [3.8, 4) is 0 Å². The molecule has 1 aliphatic heterocycles. The molecule has 1 unspecified atom stereocenters. The van der Waals surface area contributed by atoms with E-state index in [2.05, 4.69) is 41.2 Å². The summed E-state index contributed by atoms with van der Waals surface area (Å²) in [4.78, 5) is 21.7. The molecule has 0 saturated carbocycles. The van der Waals surface area contributed by atoms with E-state index in [1.54, 1.807) is 0 Å². The van der Waals surface area contributed by atoms with Crippen molar-refractivity contribution in [3.63, 3.8) is 0 Å². The van der Waals surface area contributed by atoms with E-state index in [1.807, 2.05) is 38.4 Å². The molecule has 162 valence electrons. The van der Waals surface area contributed by atoms with Gasteiger partial charge in [0.15, 0.2) is 5.96 Å². The van der Waals surface area contributed by atoms with Gasteiger partial charge in [-0.2, -0.15) is 0 Å². The molecule has 1 fully saturated rings. The summed E-state index contributed by atoms with van der Waals surface area (Å²) >= 11 is 0. The van der Waals surface area contributed by atoms with E-state index in [0.29, 0.717) is 18.7 Å². The van der Waals surface area contributed by atoms with Crippen LogP contribution in [0.4, 0.5) is 0 Å². The van der Waals surface area contributed by atoms with Crippen molar-refractivity contribution in [1.82, 2.24) is 20.4 Å². The van der Waals surface area contributed by atoms with Crippen molar-refractivity contribution < 1.29 is 4.79 Å². The molecule has 0 spiro atoms. The average Bonchev–Trinajstić information content (AvgIpc) is 3.12. The maximum Gasteiger partial charge on any atom is 0.251 e. The van der Waals surface area contributed by atoms with E-state index in [4.69, 9.17) is 4.99 Å². The maximum atomic E-state index is 12.4. The molecular weight excluding hydrogens is 362 g/mol. The molecule has 6 nitrogen and oxygen atoms in total. The van der Waals surface area contributed by atoms with Crippen LogP contribution in [0.25, 0.3) is 0 Å². The van der Waals surface area contributed by atoms with Gasteiger partial charge in [0.25, 0.3) is 5.91 Å². The third kappa shape index (κ3) is 8.05. The molecule has 1 aromatic carbocycles. The summed E-state index contributed by atoms with van der Waals surface area (Å²) in [5, 5.41) is 6.41. The van der Waals surface area contributed by atoms with E-state index < -0.39 is 0 Å². The minimum atomic E-state index is -0.0272. The minimum absolute atomic E-state index is 0.0272. The summed E-state index contributed by atoms with van der Waals surface area (Å²) in [5.41, 5.74) is 1.75. The van der Waals surface area contributed by atoms with Crippen LogP contribution in [0.1, 0.15) is 49.5 Å². The Kier molecular flexibility index (Phi) is 9.45. The predicted octanol–water partition coefficient (Wildman–Crippen LogP) is 2.81.